The first-order valence-corrected chi connectivity index (χ1v) is 5.93. The van der Waals surface area contributed by atoms with E-state index in [1.165, 1.54) is 25.8 Å². The van der Waals surface area contributed by atoms with Gasteiger partial charge in [0.25, 0.3) is 0 Å². The van der Waals surface area contributed by atoms with Gasteiger partial charge in [-0.15, -0.1) is 0 Å². The van der Waals surface area contributed by atoms with Gasteiger partial charge in [0.1, 0.15) is 0 Å². The molecule has 0 fully saturated rings. The molecule has 0 atom stereocenters. The zero-order valence-electron chi connectivity index (χ0n) is 10.4. The summed E-state index contributed by atoms with van der Waals surface area (Å²) < 4.78 is 5.56. The molecule has 86 valence electrons. The zero-order chi connectivity index (χ0) is 10.8. The van der Waals surface area contributed by atoms with Gasteiger partial charge in [-0.05, 0) is 38.8 Å². The Morgan fingerprint density at radius 1 is 1.14 bits per heavy atom. The average Bonchev–Trinajstić information content (AvgIpc) is 2.11. The van der Waals surface area contributed by atoms with E-state index in [0.29, 0.717) is 0 Å². The Hall–Kier alpha value is -0.0800. The van der Waals surface area contributed by atoms with Crippen LogP contribution in [0.3, 0.4) is 0 Å². The molecule has 0 saturated carbocycles. The molecule has 0 aromatic carbocycles. The predicted molar refractivity (Wildman–Crippen MR) is 62.7 cm³/mol. The second kappa shape index (κ2) is 9.47. The molecular weight excluding hydrogens is 174 g/mol. The van der Waals surface area contributed by atoms with Crippen molar-refractivity contribution in [2.75, 3.05) is 33.4 Å². The molecule has 0 rings (SSSR count). The van der Waals surface area contributed by atoms with Gasteiger partial charge in [0.15, 0.2) is 0 Å². The lowest BCUT2D eigenvalue weighted by atomic mass is 10.1. The van der Waals surface area contributed by atoms with Gasteiger partial charge in [-0.3, -0.25) is 0 Å². The van der Waals surface area contributed by atoms with Crippen LogP contribution in [0.2, 0.25) is 0 Å². The van der Waals surface area contributed by atoms with Crippen molar-refractivity contribution in [1.82, 2.24) is 4.90 Å². The Morgan fingerprint density at radius 2 is 1.86 bits per heavy atom. The van der Waals surface area contributed by atoms with E-state index >= 15 is 0 Å². The lowest BCUT2D eigenvalue weighted by molar-refractivity contribution is 0.106. The van der Waals surface area contributed by atoms with E-state index in [1.807, 2.05) is 0 Å². The van der Waals surface area contributed by atoms with Gasteiger partial charge in [0, 0.05) is 13.2 Å². The van der Waals surface area contributed by atoms with Crippen LogP contribution in [0, 0.1) is 5.92 Å². The van der Waals surface area contributed by atoms with Crippen LogP contribution in [0.4, 0.5) is 0 Å². The van der Waals surface area contributed by atoms with Crippen LogP contribution < -0.4 is 0 Å². The number of rotatable bonds is 9. The third-order valence-corrected chi connectivity index (χ3v) is 2.29. The van der Waals surface area contributed by atoms with Crippen LogP contribution >= 0.6 is 0 Å². The summed E-state index contributed by atoms with van der Waals surface area (Å²) in [7, 11) is 2.15. The first kappa shape index (κ1) is 13.9. The van der Waals surface area contributed by atoms with Crippen molar-refractivity contribution in [3.63, 3.8) is 0 Å². The zero-order valence-corrected chi connectivity index (χ0v) is 10.4. The van der Waals surface area contributed by atoms with Gasteiger partial charge in [-0.25, -0.2) is 0 Å². The summed E-state index contributed by atoms with van der Waals surface area (Å²) in [6, 6.07) is 0. The molecule has 0 radical (unpaired) electrons. The summed E-state index contributed by atoms with van der Waals surface area (Å²) in [5.41, 5.74) is 0. The molecule has 0 aliphatic rings. The fourth-order valence-electron chi connectivity index (χ4n) is 1.41. The summed E-state index contributed by atoms with van der Waals surface area (Å²) in [6.07, 6.45) is 3.71. The summed E-state index contributed by atoms with van der Waals surface area (Å²) in [5.74, 6) is 0.807. The van der Waals surface area contributed by atoms with Crippen molar-refractivity contribution < 1.29 is 4.74 Å². The van der Waals surface area contributed by atoms with Gasteiger partial charge >= 0.3 is 0 Å². The Balaban J connectivity index is 3.05. The van der Waals surface area contributed by atoms with Crippen LogP contribution in [0.15, 0.2) is 0 Å². The lowest BCUT2D eigenvalue weighted by Gasteiger charge is -2.15. The van der Waals surface area contributed by atoms with Crippen molar-refractivity contribution >= 4 is 0 Å². The first-order chi connectivity index (χ1) is 6.66. The maximum atomic E-state index is 5.56. The second-order valence-electron chi connectivity index (χ2n) is 4.45. The highest BCUT2D eigenvalue weighted by Gasteiger charge is 1.97. The van der Waals surface area contributed by atoms with Gasteiger partial charge in [-0.2, -0.15) is 0 Å². The maximum Gasteiger partial charge on any atom is 0.0593 e. The summed E-state index contributed by atoms with van der Waals surface area (Å²) in [6.45, 7) is 10.8. The van der Waals surface area contributed by atoms with Crippen LogP contribution in [0.25, 0.3) is 0 Å². The minimum atomic E-state index is 0.807. The van der Waals surface area contributed by atoms with Crippen LogP contribution in [-0.2, 0) is 4.74 Å². The van der Waals surface area contributed by atoms with E-state index in [1.54, 1.807) is 0 Å². The molecule has 2 heteroatoms. The van der Waals surface area contributed by atoms with E-state index in [2.05, 4.69) is 32.7 Å². The molecule has 0 amide bonds. The quantitative estimate of drug-likeness (QED) is 0.532. The molecule has 0 aromatic heterocycles. The smallest absolute Gasteiger partial charge is 0.0593 e. The summed E-state index contributed by atoms with van der Waals surface area (Å²) in [4.78, 5) is 2.32. The van der Waals surface area contributed by atoms with Crippen LogP contribution in [0.5, 0.6) is 0 Å². The van der Waals surface area contributed by atoms with E-state index in [4.69, 9.17) is 4.74 Å². The molecule has 0 heterocycles. The molecule has 0 spiro atoms. The largest absolute Gasteiger partial charge is 0.380 e. The first-order valence-electron chi connectivity index (χ1n) is 5.93. The van der Waals surface area contributed by atoms with Crippen molar-refractivity contribution in [2.24, 2.45) is 5.92 Å². The van der Waals surface area contributed by atoms with E-state index in [9.17, 15) is 0 Å². The third-order valence-electron chi connectivity index (χ3n) is 2.29. The molecule has 0 unspecified atom stereocenters. The molecule has 0 bridgehead atoms. The Morgan fingerprint density at radius 3 is 2.43 bits per heavy atom. The molecule has 0 N–H and O–H groups in total. The number of likely N-dealkylation sites (N-methyl/N-ethyl adjacent to an activating group) is 1. The van der Waals surface area contributed by atoms with Crippen molar-refractivity contribution in [2.45, 2.75) is 40.0 Å². The maximum absolute atomic E-state index is 5.56. The molecule has 0 aliphatic carbocycles. The molecule has 14 heavy (non-hydrogen) atoms. The summed E-state index contributed by atoms with van der Waals surface area (Å²) >= 11 is 0. The van der Waals surface area contributed by atoms with E-state index < -0.39 is 0 Å². The minimum Gasteiger partial charge on any atom is -0.380 e. The monoisotopic (exact) mass is 201 g/mol. The second-order valence-corrected chi connectivity index (χ2v) is 4.45. The van der Waals surface area contributed by atoms with E-state index in [0.717, 1.165) is 25.7 Å². The van der Waals surface area contributed by atoms with Crippen molar-refractivity contribution in [3.8, 4) is 0 Å². The number of hydrogen-bond donors (Lipinski definition) is 0. The predicted octanol–water partition coefficient (Wildman–Crippen LogP) is 2.78. The SMILES string of the molecule is CCCN(C)CCOCCCC(C)C. The number of ether oxygens (including phenoxy) is 1. The van der Waals surface area contributed by atoms with Crippen molar-refractivity contribution in [1.29, 1.82) is 0 Å². The lowest BCUT2D eigenvalue weighted by Crippen LogP contribution is -2.24. The highest BCUT2D eigenvalue weighted by molar-refractivity contribution is 4.49. The highest BCUT2D eigenvalue weighted by Crippen LogP contribution is 2.02. The Labute approximate surface area is 89.6 Å². The molecular formula is C12H27NO. The third kappa shape index (κ3) is 10.0. The Bertz CT molecular complexity index is 115. The Kier molecular flexibility index (Phi) is 9.42. The van der Waals surface area contributed by atoms with E-state index in [-0.39, 0.29) is 0 Å². The van der Waals surface area contributed by atoms with Crippen LogP contribution in [0.1, 0.15) is 40.0 Å². The standard InChI is InChI=1S/C12H27NO/c1-5-8-13(4)9-11-14-10-6-7-12(2)3/h12H,5-11H2,1-4H3. The highest BCUT2D eigenvalue weighted by atomic mass is 16.5. The van der Waals surface area contributed by atoms with Gasteiger partial charge in [-0.1, -0.05) is 20.8 Å². The molecule has 0 saturated heterocycles. The molecule has 0 aliphatic heterocycles. The number of nitrogens with zero attached hydrogens (tertiary/aromatic N) is 1. The normalized spacial score (nSPS) is 11.6. The fourth-order valence-corrected chi connectivity index (χ4v) is 1.41. The minimum absolute atomic E-state index is 0.807. The molecule has 0 aromatic rings. The van der Waals surface area contributed by atoms with Gasteiger partial charge < -0.3 is 9.64 Å². The summed E-state index contributed by atoms with van der Waals surface area (Å²) in [5, 5.41) is 0. The number of hydrogen-bond acceptors (Lipinski definition) is 2. The topological polar surface area (TPSA) is 12.5 Å². The fraction of sp³-hybridized carbons (Fsp3) is 1.00. The van der Waals surface area contributed by atoms with Gasteiger partial charge in [0.2, 0.25) is 0 Å². The van der Waals surface area contributed by atoms with Gasteiger partial charge in [0.05, 0.1) is 6.61 Å². The molecule has 2 nitrogen and oxygen atoms in total. The van der Waals surface area contributed by atoms with Crippen molar-refractivity contribution in [3.05, 3.63) is 0 Å². The van der Waals surface area contributed by atoms with Crippen LogP contribution in [-0.4, -0.2) is 38.3 Å². The average molecular weight is 201 g/mol.